The van der Waals surface area contributed by atoms with Crippen molar-refractivity contribution in [3.05, 3.63) is 11.8 Å². The van der Waals surface area contributed by atoms with Crippen molar-refractivity contribution in [3.8, 4) is 0 Å². The molecule has 3 radical (unpaired) electrons. The molecule has 6 heteroatoms. The van der Waals surface area contributed by atoms with Crippen LogP contribution < -0.4 is 0 Å². The molecular formula is C24H53Si6. The van der Waals surface area contributed by atoms with Crippen molar-refractivity contribution in [2.75, 3.05) is 0 Å². The zero-order chi connectivity index (χ0) is 24.2. The Morgan fingerprint density at radius 2 is 1.00 bits per heavy atom. The van der Waals surface area contributed by atoms with Crippen LogP contribution in [0.1, 0.15) is 104 Å². The van der Waals surface area contributed by atoms with Crippen LogP contribution in [0.25, 0.3) is 0 Å². The smallest absolute Gasteiger partial charge is 0.0463 e. The van der Waals surface area contributed by atoms with E-state index in [4.69, 9.17) is 0 Å². The van der Waals surface area contributed by atoms with Gasteiger partial charge in [0.2, 0.25) is 0 Å². The van der Waals surface area contributed by atoms with Gasteiger partial charge in [0.1, 0.15) is 0 Å². The van der Waals surface area contributed by atoms with E-state index in [0.717, 1.165) is 0 Å². The Morgan fingerprint density at radius 1 is 0.633 bits per heavy atom. The van der Waals surface area contributed by atoms with Crippen LogP contribution in [0.15, 0.2) is 11.8 Å². The number of hydrogen-bond donors (Lipinski definition) is 0. The van der Waals surface area contributed by atoms with Gasteiger partial charge in [-0.1, -0.05) is 123 Å². The van der Waals surface area contributed by atoms with Crippen LogP contribution >= 0.6 is 0 Å². The van der Waals surface area contributed by atoms with E-state index >= 15 is 0 Å². The molecule has 0 saturated carbocycles. The summed E-state index contributed by atoms with van der Waals surface area (Å²) in [7, 11) is -1.55. The van der Waals surface area contributed by atoms with Gasteiger partial charge in [-0.25, -0.2) is 0 Å². The Labute approximate surface area is 197 Å². The molecule has 0 aromatic rings. The van der Waals surface area contributed by atoms with E-state index in [1.165, 1.54) is 8.55 Å². The van der Waals surface area contributed by atoms with Crippen molar-refractivity contribution in [3.63, 3.8) is 0 Å². The summed E-state index contributed by atoms with van der Waals surface area (Å²) < 4.78 is 0. The number of allylic oxidation sites excluding steroid dienone is 1. The Balaban J connectivity index is 2.83. The van der Waals surface area contributed by atoms with E-state index in [-0.39, 0.29) is 7.35 Å². The van der Waals surface area contributed by atoms with Gasteiger partial charge in [-0.2, -0.15) is 0 Å². The van der Waals surface area contributed by atoms with E-state index in [9.17, 15) is 0 Å². The topological polar surface area (TPSA) is 0 Å². The lowest BCUT2D eigenvalue weighted by Gasteiger charge is -2.58. The monoisotopic (exact) mass is 509 g/mol. The fourth-order valence-corrected chi connectivity index (χ4v) is 307. The SMILES string of the molecule is CC(C)(C)/C=C/[Si]12[Si][Si]1([Si](C)(C(C)(C)C)C(C)(C)C)[Si]2[Si](C)(C(C)(C)C)C(C)(C)C. The van der Waals surface area contributed by atoms with Gasteiger partial charge < -0.3 is 0 Å². The summed E-state index contributed by atoms with van der Waals surface area (Å²) in [6.07, 6.45) is 1.59. The summed E-state index contributed by atoms with van der Waals surface area (Å²) in [5.41, 5.74) is 3.37. The standard InChI is InChI=1S/C24H53Si6/c1-20(2,3)18-19-29-25-30(29,28(17,23(10,11)12)24(13,14)15)26(29)27(16,21(4,5)6)22(7,8)9/h18-19H,1-17H3/b19-18+. The van der Waals surface area contributed by atoms with Gasteiger partial charge >= 0.3 is 0 Å². The molecule has 0 aromatic heterocycles. The maximum atomic E-state index is 3.03. The molecule has 0 amide bonds. The molecule has 2 fully saturated rings. The van der Waals surface area contributed by atoms with E-state index < -0.39 is 28.0 Å². The molecule has 0 bridgehead atoms. The molecule has 0 aromatic carbocycles. The summed E-state index contributed by atoms with van der Waals surface area (Å²) in [6.45, 7) is 43.8. The van der Waals surface area contributed by atoms with Crippen molar-refractivity contribution >= 4 is 43.9 Å². The molecule has 2 saturated heterocycles. The molecule has 0 aliphatic carbocycles. The Hall–Kier alpha value is 1.04. The third kappa shape index (κ3) is 3.39. The van der Waals surface area contributed by atoms with E-state index in [1.54, 1.807) is 0 Å². The summed E-state index contributed by atoms with van der Waals surface area (Å²) in [5.74, 6) is 0. The van der Waals surface area contributed by atoms with Gasteiger partial charge in [-0.3, -0.25) is 0 Å². The predicted molar refractivity (Wildman–Crippen MR) is 154 cm³/mol. The normalized spacial score (nSPS) is 29.4. The molecule has 2 atom stereocenters. The first-order valence-corrected chi connectivity index (χ1v) is 30.7. The molecular weight excluding hydrogens is 457 g/mol. The lowest BCUT2D eigenvalue weighted by Crippen LogP contribution is -2.72. The van der Waals surface area contributed by atoms with Gasteiger partial charge in [0, 0.05) is 43.9 Å². The predicted octanol–water partition coefficient (Wildman–Crippen LogP) is 7.99. The van der Waals surface area contributed by atoms with E-state index in [0.29, 0.717) is 25.6 Å². The molecule has 2 rings (SSSR count). The van der Waals surface area contributed by atoms with Crippen LogP contribution in [0, 0.1) is 5.41 Å². The van der Waals surface area contributed by atoms with Gasteiger partial charge in [-0.05, 0) is 25.6 Å². The zero-order valence-electron chi connectivity index (χ0n) is 23.7. The average molecular weight is 510 g/mol. The maximum Gasteiger partial charge on any atom is 0.0463 e. The molecule has 30 heavy (non-hydrogen) atoms. The Morgan fingerprint density at radius 3 is 1.27 bits per heavy atom. The highest BCUT2D eigenvalue weighted by molar-refractivity contribution is 8.61. The van der Waals surface area contributed by atoms with Crippen LogP contribution in [-0.4, -0.2) is 43.9 Å². The lowest BCUT2D eigenvalue weighted by molar-refractivity contribution is 0.545. The molecule has 2 heterocycles. The van der Waals surface area contributed by atoms with Gasteiger partial charge in [0.05, 0.1) is 0 Å². The quantitative estimate of drug-likeness (QED) is 0.338. The number of fused-ring (bicyclic) bond motifs is 1. The first-order chi connectivity index (χ1) is 12.8. The maximum absolute atomic E-state index is 3.03. The second-order valence-electron chi connectivity index (χ2n) is 16.0. The summed E-state index contributed by atoms with van der Waals surface area (Å²) in [4.78, 5) is 0. The van der Waals surface area contributed by atoms with Crippen molar-refractivity contribution in [2.45, 2.75) is 137 Å². The van der Waals surface area contributed by atoms with E-state index in [2.05, 4.69) is 129 Å². The highest BCUT2D eigenvalue weighted by Crippen LogP contribution is 2.75. The van der Waals surface area contributed by atoms with Gasteiger partial charge in [0.25, 0.3) is 0 Å². The third-order valence-corrected chi connectivity index (χ3v) is 158. The second kappa shape index (κ2) is 6.80. The van der Waals surface area contributed by atoms with Crippen molar-refractivity contribution in [1.82, 2.24) is 0 Å². The highest BCUT2D eigenvalue weighted by Gasteiger charge is 3.02. The van der Waals surface area contributed by atoms with Crippen molar-refractivity contribution < 1.29 is 0 Å². The van der Waals surface area contributed by atoms with Crippen LogP contribution in [0.3, 0.4) is 0 Å². The Bertz CT molecular complexity index is 691. The molecule has 0 nitrogen and oxygen atoms in total. The van der Waals surface area contributed by atoms with Crippen LogP contribution in [0.5, 0.6) is 0 Å². The van der Waals surface area contributed by atoms with E-state index in [1.807, 2.05) is 0 Å². The minimum Gasteiger partial charge on any atom is -0.107 e. The molecule has 2 aliphatic rings. The fourth-order valence-electron chi connectivity index (χ4n) is 7.04. The van der Waals surface area contributed by atoms with Crippen molar-refractivity contribution in [2.24, 2.45) is 5.41 Å². The minimum atomic E-state index is -1.43. The van der Waals surface area contributed by atoms with Gasteiger partial charge in [0.15, 0.2) is 0 Å². The first-order valence-electron chi connectivity index (χ1n) is 12.2. The summed E-state index contributed by atoms with van der Waals surface area (Å²) in [6, 6.07) is 0. The average Bonchev–Trinajstić information content (AvgIpc) is 3.24. The summed E-state index contributed by atoms with van der Waals surface area (Å²) >= 11 is 0. The highest BCUT2D eigenvalue weighted by atomic mass is 30.9. The first kappa shape index (κ1) is 27.3. The van der Waals surface area contributed by atoms with Crippen LogP contribution in [-0.2, 0) is 0 Å². The zero-order valence-corrected chi connectivity index (χ0v) is 29.7. The second-order valence-corrected chi connectivity index (χ2v) is 78.6. The minimum absolute atomic E-state index is 0.175. The lowest BCUT2D eigenvalue weighted by atomic mass is 9.98. The third-order valence-electron chi connectivity index (χ3n) is 9.70. The molecule has 2 aliphatic heterocycles. The molecule has 2 unspecified atom stereocenters. The molecule has 173 valence electrons. The summed E-state index contributed by atoms with van der Waals surface area (Å²) in [5, 5.41) is 2.12. The molecule has 0 N–H and O–H groups in total. The van der Waals surface area contributed by atoms with Crippen LogP contribution in [0.2, 0.25) is 33.2 Å². The molecule has 0 spiro atoms. The number of hydrogen-bond acceptors (Lipinski definition) is 0. The van der Waals surface area contributed by atoms with Crippen molar-refractivity contribution in [1.29, 1.82) is 0 Å². The Kier molecular flexibility index (Phi) is 6.18. The fraction of sp³-hybridized carbons (Fsp3) is 0.917. The number of rotatable bonds is 3. The van der Waals surface area contributed by atoms with Gasteiger partial charge in [-0.15, -0.1) is 5.70 Å². The largest absolute Gasteiger partial charge is 0.107 e. The van der Waals surface area contributed by atoms with Crippen LogP contribution in [0.4, 0.5) is 0 Å².